The van der Waals surface area contributed by atoms with Crippen LogP contribution in [-0.4, -0.2) is 15.0 Å². The lowest BCUT2D eigenvalue weighted by molar-refractivity contribution is 0.235. The Bertz CT molecular complexity index is 185. The number of allylic oxidation sites excluding steroid dienone is 2. The van der Waals surface area contributed by atoms with Gasteiger partial charge in [0.25, 0.3) is 0 Å². The Hall–Kier alpha value is -0.243. The predicted molar refractivity (Wildman–Crippen MR) is 59.2 cm³/mol. The van der Waals surface area contributed by atoms with E-state index in [9.17, 15) is 0 Å². The minimum absolute atomic E-state index is 0.221. The maximum Gasteiger partial charge on any atom is 0.0946 e. The van der Waals surface area contributed by atoms with Crippen molar-refractivity contribution in [3.63, 3.8) is 0 Å². The van der Waals surface area contributed by atoms with Crippen LogP contribution in [0.4, 0.5) is 0 Å². The van der Waals surface area contributed by atoms with E-state index in [4.69, 9.17) is 4.74 Å². The second kappa shape index (κ2) is 5.48. The van der Waals surface area contributed by atoms with Gasteiger partial charge in [-0.2, -0.15) is 0 Å². The van der Waals surface area contributed by atoms with Crippen LogP contribution in [0.1, 0.15) is 39.0 Å². The number of hydrogen-bond donors (Lipinski definition) is 0. The highest BCUT2D eigenvalue weighted by atomic mass is 28.3. The highest BCUT2D eigenvalue weighted by Crippen LogP contribution is 2.27. The molecular formula is C11H21OSi. The Balaban J connectivity index is 2.47. The van der Waals surface area contributed by atoms with Gasteiger partial charge in [-0.25, -0.2) is 0 Å². The summed E-state index contributed by atoms with van der Waals surface area (Å²) in [6, 6.07) is 0. The Labute approximate surface area is 83.8 Å². The van der Waals surface area contributed by atoms with Crippen molar-refractivity contribution >= 4 is 8.80 Å². The zero-order valence-electron chi connectivity index (χ0n) is 9.15. The third-order valence-corrected chi connectivity index (χ3v) is 3.21. The van der Waals surface area contributed by atoms with E-state index in [1.165, 1.54) is 37.9 Å². The van der Waals surface area contributed by atoms with Crippen LogP contribution in [0, 0.1) is 0 Å². The van der Waals surface area contributed by atoms with Crippen LogP contribution in [-0.2, 0) is 4.74 Å². The van der Waals surface area contributed by atoms with Crippen LogP contribution in [0.15, 0.2) is 11.3 Å². The third-order valence-electron chi connectivity index (χ3n) is 2.49. The smallest absolute Gasteiger partial charge is 0.0946 e. The molecule has 0 saturated carbocycles. The van der Waals surface area contributed by atoms with E-state index in [0.717, 1.165) is 6.23 Å². The van der Waals surface area contributed by atoms with E-state index in [0.29, 0.717) is 0 Å². The van der Waals surface area contributed by atoms with Crippen LogP contribution in [0.2, 0.25) is 13.1 Å². The van der Waals surface area contributed by atoms with E-state index < -0.39 is 0 Å². The molecule has 1 rings (SSSR count). The molecule has 75 valence electrons. The van der Waals surface area contributed by atoms with Gasteiger partial charge >= 0.3 is 0 Å². The molecule has 0 spiro atoms. The number of hydrogen-bond acceptors (Lipinski definition) is 1. The van der Waals surface area contributed by atoms with Gasteiger partial charge in [0.1, 0.15) is 0 Å². The average Bonchev–Trinajstić information content (AvgIpc) is 2.15. The van der Waals surface area contributed by atoms with Crippen LogP contribution in [0.3, 0.4) is 0 Å². The van der Waals surface area contributed by atoms with Crippen molar-refractivity contribution in [2.75, 3.05) is 6.23 Å². The standard InChI is InChI=1S/C11H21OSi/c1-4-10-7-5-6-8-11(10)12-9-13(2)3/h4-9H2,1-3H3. The van der Waals surface area contributed by atoms with E-state index in [2.05, 4.69) is 20.0 Å². The molecule has 0 aromatic rings. The molecule has 1 aliphatic carbocycles. The summed E-state index contributed by atoms with van der Waals surface area (Å²) in [5.74, 6) is 1.33. The fourth-order valence-electron chi connectivity index (χ4n) is 1.72. The SMILES string of the molecule is CCC1=C(OC[Si](C)C)CCCC1. The van der Waals surface area contributed by atoms with Gasteiger partial charge in [-0.15, -0.1) is 0 Å². The Morgan fingerprint density at radius 2 is 1.92 bits per heavy atom. The molecule has 1 radical (unpaired) electrons. The molecule has 0 N–H and O–H groups in total. The summed E-state index contributed by atoms with van der Waals surface area (Å²) in [5.41, 5.74) is 1.58. The first kappa shape index (κ1) is 10.8. The summed E-state index contributed by atoms with van der Waals surface area (Å²) in [6.45, 7) is 6.85. The van der Waals surface area contributed by atoms with Gasteiger partial charge < -0.3 is 4.74 Å². The maximum absolute atomic E-state index is 5.87. The lowest BCUT2D eigenvalue weighted by Crippen LogP contribution is -2.13. The maximum atomic E-state index is 5.87. The van der Waals surface area contributed by atoms with Crippen LogP contribution < -0.4 is 0 Å². The molecule has 1 aliphatic rings. The highest BCUT2D eigenvalue weighted by molar-refractivity contribution is 6.55. The summed E-state index contributed by atoms with van der Waals surface area (Å²) < 4.78 is 5.87. The highest BCUT2D eigenvalue weighted by Gasteiger charge is 2.12. The summed E-state index contributed by atoms with van der Waals surface area (Å²) in [7, 11) is -0.221. The summed E-state index contributed by atoms with van der Waals surface area (Å²) in [6.07, 6.45) is 7.34. The molecule has 13 heavy (non-hydrogen) atoms. The van der Waals surface area contributed by atoms with Gasteiger partial charge in [0.2, 0.25) is 0 Å². The van der Waals surface area contributed by atoms with Crippen molar-refractivity contribution in [2.45, 2.75) is 52.1 Å². The van der Waals surface area contributed by atoms with Crippen molar-refractivity contribution in [3.05, 3.63) is 11.3 Å². The van der Waals surface area contributed by atoms with E-state index in [-0.39, 0.29) is 8.80 Å². The summed E-state index contributed by atoms with van der Waals surface area (Å²) in [4.78, 5) is 0. The second-order valence-corrected chi connectivity index (χ2v) is 6.79. The Kier molecular flexibility index (Phi) is 4.57. The number of rotatable bonds is 4. The zero-order valence-corrected chi connectivity index (χ0v) is 10.2. The van der Waals surface area contributed by atoms with Crippen molar-refractivity contribution in [1.29, 1.82) is 0 Å². The molecule has 0 aliphatic heterocycles. The quantitative estimate of drug-likeness (QED) is 0.626. The molecule has 0 saturated heterocycles. The summed E-state index contributed by atoms with van der Waals surface area (Å²) in [5, 5.41) is 0. The molecule has 0 heterocycles. The van der Waals surface area contributed by atoms with Gasteiger partial charge in [-0.05, 0) is 31.3 Å². The fraction of sp³-hybridized carbons (Fsp3) is 0.818. The van der Waals surface area contributed by atoms with Crippen LogP contribution >= 0.6 is 0 Å². The Morgan fingerprint density at radius 3 is 2.54 bits per heavy atom. The first-order valence-electron chi connectivity index (χ1n) is 5.36. The normalized spacial score (nSPS) is 18.2. The van der Waals surface area contributed by atoms with Gasteiger partial charge in [-0.1, -0.05) is 20.0 Å². The largest absolute Gasteiger partial charge is 0.502 e. The van der Waals surface area contributed by atoms with Crippen LogP contribution in [0.25, 0.3) is 0 Å². The molecule has 0 aromatic heterocycles. The minimum atomic E-state index is -0.221. The molecule has 0 atom stereocenters. The molecule has 1 nitrogen and oxygen atoms in total. The van der Waals surface area contributed by atoms with E-state index in [1.54, 1.807) is 5.57 Å². The fourth-order valence-corrected chi connectivity index (χ4v) is 2.18. The van der Waals surface area contributed by atoms with Crippen molar-refractivity contribution < 1.29 is 4.74 Å². The number of ether oxygens (including phenoxy) is 1. The van der Waals surface area contributed by atoms with Gasteiger partial charge in [0, 0.05) is 6.42 Å². The van der Waals surface area contributed by atoms with Gasteiger partial charge in [0.15, 0.2) is 0 Å². The lowest BCUT2D eigenvalue weighted by Gasteiger charge is -2.20. The first-order chi connectivity index (χ1) is 6.24. The molecule has 0 aromatic carbocycles. The molecule has 2 heteroatoms. The zero-order chi connectivity index (χ0) is 9.68. The first-order valence-corrected chi connectivity index (χ1v) is 8.07. The predicted octanol–water partition coefficient (Wildman–Crippen LogP) is 3.53. The monoisotopic (exact) mass is 197 g/mol. The molecule has 0 bridgehead atoms. The molecule has 0 amide bonds. The molecular weight excluding hydrogens is 176 g/mol. The van der Waals surface area contributed by atoms with Crippen molar-refractivity contribution in [2.24, 2.45) is 0 Å². The van der Waals surface area contributed by atoms with Crippen molar-refractivity contribution in [1.82, 2.24) is 0 Å². The average molecular weight is 197 g/mol. The van der Waals surface area contributed by atoms with E-state index >= 15 is 0 Å². The van der Waals surface area contributed by atoms with E-state index in [1.807, 2.05) is 0 Å². The molecule has 0 fully saturated rings. The topological polar surface area (TPSA) is 9.23 Å². The van der Waals surface area contributed by atoms with Crippen LogP contribution in [0.5, 0.6) is 0 Å². The Morgan fingerprint density at radius 1 is 1.23 bits per heavy atom. The minimum Gasteiger partial charge on any atom is -0.502 e. The lowest BCUT2D eigenvalue weighted by atomic mass is 9.96. The van der Waals surface area contributed by atoms with Gasteiger partial charge in [-0.3, -0.25) is 0 Å². The third kappa shape index (κ3) is 3.55. The molecule has 0 unspecified atom stereocenters. The second-order valence-electron chi connectivity index (χ2n) is 4.08. The van der Waals surface area contributed by atoms with Crippen molar-refractivity contribution in [3.8, 4) is 0 Å². The van der Waals surface area contributed by atoms with Gasteiger partial charge in [0.05, 0.1) is 20.8 Å². The summed E-state index contributed by atoms with van der Waals surface area (Å²) >= 11 is 0.